The van der Waals surface area contributed by atoms with Crippen LogP contribution in [0.15, 0.2) is 52.9 Å². The van der Waals surface area contributed by atoms with Gasteiger partial charge in [0, 0.05) is 28.6 Å². The number of halogens is 2. The van der Waals surface area contributed by atoms with Gasteiger partial charge >= 0.3 is 5.97 Å². The van der Waals surface area contributed by atoms with Gasteiger partial charge in [0.2, 0.25) is 5.13 Å². The average molecular weight is 406 g/mol. The molecule has 0 bridgehead atoms. The van der Waals surface area contributed by atoms with Crippen molar-refractivity contribution in [1.29, 1.82) is 0 Å². The number of nitrogens with zero attached hydrogens (tertiary/aromatic N) is 3. The third-order valence-corrected chi connectivity index (χ3v) is 5.01. The molecule has 0 saturated carbocycles. The van der Waals surface area contributed by atoms with E-state index < -0.39 is 5.97 Å². The van der Waals surface area contributed by atoms with E-state index in [4.69, 9.17) is 23.2 Å². The van der Waals surface area contributed by atoms with Crippen molar-refractivity contribution >= 4 is 51.9 Å². The van der Waals surface area contributed by atoms with Crippen LogP contribution in [0.3, 0.4) is 0 Å². The van der Waals surface area contributed by atoms with E-state index in [1.807, 2.05) is 5.38 Å². The second-order valence-electron chi connectivity index (χ2n) is 5.30. The smallest absolute Gasteiger partial charge is 0.336 e. The van der Waals surface area contributed by atoms with Crippen LogP contribution in [0.4, 0.5) is 5.13 Å². The Hall–Kier alpha value is -2.41. The number of hydrazone groups is 1. The molecule has 1 heterocycles. The van der Waals surface area contributed by atoms with Crippen molar-refractivity contribution < 1.29 is 9.90 Å². The number of aromatic nitrogens is 1. The maximum absolute atomic E-state index is 11.2. The first kappa shape index (κ1) is 18.4. The third kappa shape index (κ3) is 4.04. The maximum atomic E-state index is 11.2. The molecule has 0 aliphatic carbocycles. The van der Waals surface area contributed by atoms with Crippen molar-refractivity contribution in [1.82, 2.24) is 4.98 Å². The Balaban J connectivity index is 1.84. The zero-order valence-electron chi connectivity index (χ0n) is 13.6. The lowest BCUT2D eigenvalue weighted by atomic mass is 10.1. The Morgan fingerprint density at radius 2 is 2.04 bits per heavy atom. The molecule has 0 radical (unpaired) electrons. The lowest BCUT2D eigenvalue weighted by Gasteiger charge is -2.08. The number of aromatic carboxylic acids is 1. The second kappa shape index (κ2) is 7.86. The minimum Gasteiger partial charge on any atom is -0.478 e. The fourth-order valence-electron chi connectivity index (χ4n) is 2.23. The number of carbonyl (C=O) groups is 1. The highest BCUT2D eigenvalue weighted by molar-refractivity contribution is 7.14. The van der Waals surface area contributed by atoms with Gasteiger partial charge in [-0.1, -0.05) is 41.4 Å². The number of hydrogen-bond acceptors (Lipinski definition) is 5. The first-order chi connectivity index (χ1) is 12.5. The van der Waals surface area contributed by atoms with Gasteiger partial charge in [-0.2, -0.15) is 5.10 Å². The molecular formula is C18H13Cl2N3O2S. The molecule has 132 valence electrons. The van der Waals surface area contributed by atoms with Crippen molar-refractivity contribution in [3.63, 3.8) is 0 Å². The van der Waals surface area contributed by atoms with Gasteiger partial charge < -0.3 is 5.11 Å². The van der Waals surface area contributed by atoms with Gasteiger partial charge in [-0.25, -0.2) is 14.8 Å². The summed E-state index contributed by atoms with van der Waals surface area (Å²) in [5.74, 6) is -0.998. The number of benzene rings is 2. The molecule has 0 spiro atoms. The van der Waals surface area contributed by atoms with Crippen LogP contribution in [0.2, 0.25) is 10.0 Å². The molecule has 0 unspecified atom stereocenters. The lowest BCUT2D eigenvalue weighted by Crippen LogP contribution is -2.09. The summed E-state index contributed by atoms with van der Waals surface area (Å²) in [5.41, 5.74) is 2.15. The topological polar surface area (TPSA) is 65.8 Å². The Morgan fingerprint density at radius 3 is 2.81 bits per heavy atom. The number of hydrogen-bond donors (Lipinski definition) is 1. The van der Waals surface area contributed by atoms with Gasteiger partial charge in [0.05, 0.1) is 22.5 Å². The predicted octanol–water partition coefficient (Wildman–Crippen LogP) is 5.29. The standard InChI is InChI=1S/C18H13Cl2N3O2S/c1-23(21-9-11-4-2-3-5-13(11)17(24)25)18-22-16(10-26-18)14-8-12(19)6-7-15(14)20/h2-10H,1H3,(H,24,25). The maximum Gasteiger partial charge on any atom is 0.336 e. The van der Waals surface area contributed by atoms with Crippen LogP contribution < -0.4 is 5.01 Å². The van der Waals surface area contributed by atoms with E-state index in [0.29, 0.717) is 26.4 Å². The molecule has 8 heteroatoms. The molecule has 0 saturated heterocycles. The van der Waals surface area contributed by atoms with Crippen molar-refractivity contribution in [2.75, 3.05) is 12.1 Å². The minimum absolute atomic E-state index is 0.190. The van der Waals surface area contributed by atoms with Crippen LogP contribution in [0, 0.1) is 0 Å². The van der Waals surface area contributed by atoms with E-state index in [-0.39, 0.29) is 5.56 Å². The summed E-state index contributed by atoms with van der Waals surface area (Å²) in [5, 5.41) is 18.7. The quantitative estimate of drug-likeness (QED) is 0.462. The van der Waals surface area contributed by atoms with Gasteiger partial charge in [0.1, 0.15) is 0 Å². The first-order valence-corrected chi connectivity index (χ1v) is 9.10. The first-order valence-electron chi connectivity index (χ1n) is 7.46. The molecule has 0 aliphatic rings. The fraction of sp³-hybridized carbons (Fsp3) is 0.0556. The average Bonchev–Trinajstić information content (AvgIpc) is 3.12. The molecule has 0 aliphatic heterocycles. The molecule has 0 atom stereocenters. The summed E-state index contributed by atoms with van der Waals surface area (Å²) in [6.07, 6.45) is 1.50. The third-order valence-electron chi connectivity index (χ3n) is 3.53. The summed E-state index contributed by atoms with van der Waals surface area (Å²) in [4.78, 5) is 15.8. The van der Waals surface area contributed by atoms with Crippen LogP contribution in [0.1, 0.15) is 15.9 Å². The van der Waals surface area contributed by atoms with Gasteiger partial charge in [0.15, 0.2) is 0 Å². The predicted molar refractivity (Wildman–Crippen MR) is 107 cm³/mol. The van der Waals surface area contributed by atoms with Gasteiger partial charge in [-0.3, -0.25) is 0 Å². The minimum atomic E-state index is -0.998. The molecule has 3 rings (SSSR count). The number of carboxylic acid groups (broad SMARTS) is 1. The van der Waals surface area contributed by atoms with E-state index in [9.17, 15) is 9.90 Å². The van der Waals surface area contributed by atoms with E-state index in [2.05, 4.69) is 10.1 Å². The highest BCUT2D eigenvalue weighted by Gasteiger charge is 2.12. The van der Waals surface area contributed by atoms with Crippen molar-refractivity contribution in [2.45, 2.75) is 0 Å². The fourth-order valence-corrected chi connectivity index (χ4v) is 3.37. The Bertz CT molecular complexity index is 988. The van der Waals surface area contributed by atoms with Crippen LogP contribution in [-0.4, -0.2) is 29.3 Å². The summed E-state index contributed by atoms with van der Waals surface area (Å²) >= 11 is 13.6. The van der Waals surface area contributed by atoms with Gasteiger partial charge in [-0.05, 0) is 24.3 Å². The van der Waals surface area contributed by atoms with Crippen molar-refractivity contribution in [3.8, 4) is 11.3 Å². The van der Waals surface area contributed by atoms with E-state index in [1.165, 1.54) is 23.6 Å². The Kier molecular flexibility index (Phi) is 5.56. The zero-order chi connectivity index (χ0) is 18.7. The number of carboxylic acids is 1. The number of rotatable bonds is 5. The van der Waals surface area contributed by atoms with Crippen LogP contribution in [0.25, 0.3) is 11.3 Å². The largest absolute Gasteiger partial charge is 0.478 e. The van der Waals surface area contributed by atoms with E-state index >= 15 is 0 Å². The molecule has 0 amide bonds. The highest BCUT2D eigenvalue weighted by atomic mass is 35.5. The summed E-state index contributed by atoms with van der Waals surface area (Å²) < 4.78 is 0. The van der Waals surface area contributed by atoms with Crippen molar-refractivity contribution in [2.24, 2.45) is 5.10 Å². The highest BCUT2D eigenvalue weighted by Crippen LogP contribution is 2.33. The van der Waals surface area contributed by atoms with Crippen molar-refractivity contribution in [3.05, 3.63) is 69.0 Å². The van der Waals surface area contributed by atoms with E-state index in [1.54, 1.807) is 48.5 Å². The normalized spacial score (nSPS) is 11.0. The number of anilines is 1. The summed E-state index contributed by atoms with van der Waals surface area (Å²) in [7, 11) is 1.74. The van der Waals surface area contributed by atoms with Crippen LogP contribution in [-0.2, 0) is 0 Å². The zero-order valence-corrected chi connectivity index (χ0v) is 15.9. The molecule has 1 aromatic heterocycles. The van der Waals surface area contributed by atoms with E-state index in [0.717, 1.165) is 5.56 Å². The molecule has 3 aromatic rings. The van der Waals surface area contributed by atoms with Crippen LogP contribution >= 0.6 is 34.5 Å². The van der Waals surface area contributed by atoms with Gasteiger partial charge in [0.25, 0.3) is 0 Å². The summed E-state index contributed by atoms with van der Waals surface area (Å²) in [6, 6.07) is 11.9. The number of thiazole rings is 1. The second-order valence-corrected chi connectivity index (χ2v) is 6.98. The SMILES string of the molecule is CN(N=Cc1ccccc1C(=O)O)c1nc(-c2cc(Cl)ccc2Cl)cs1. The molecule has 2 aromatic carbocycles. The summed E-state index contributed by atoms with van der Waals surface area (Å²) in [6.45, 7) is 0. The molecule has 1 N–H and O–H groups in total. The molecule has 5 nitrogen and oxygen atoms in total. The lowest BCUT2D eigenvalue weighted by molar-refractivity contribution is 0.0697. The molecule has 0 fully saturated rings. The molecular weight excluding hydrogens is 393 g/mol. The molecule has 26 heavy (non-hydrogen) atoms. The van der Waals surface area contributed by atoms with Gasteiger partial charge in [-0.15, -0.1) is 11.3 Å². The Labute approximate surface area is 164 Å². The monoisotopic (exact) mass is 405 g/mol. The van der Waals surface area contributed by atoms with Crippen LogP contribution in [0.5, 0.6) is 0 Å². The Morgan fingerprint density at radius 1 is 1.27 bits per heavy atom.